The summed E-state index contributed by atoms with van der Waals surface area (Å²) in [7, 11) is 1.92. The molecule has 0 bridgehead atoms. The number of hydrogen-bond donors (Lipinski definition) is 3. The Balaban J connectivity index is 1.42. The molecule has 3 N–H and O–H groups in total. The summed E-state index contributed by atoms with van der Waals surface area (Å²) in [6.07, 6.45) is 9.61. The number of aryl methyl sites for hydroxylation is 1. The molecule has 2 heterocycles. The Morgan fingerprint density at radius 2 is 2.25 bits per heavy atom. The number of hydrogen-bond acceptors (Lipinski definition) is 4. The van der Waals surface area contributed by atoms with Crippen LogP contribution < -0.4 is 15.5 Å². The van der Waals surface area contributed by atoms with Crippen molar-refractivity contribution in [3.8, 4) is 0 Å². The molecule has 1 aliphatic heterocycles. The Labute approximate surface area is 143 Å². The van der Waals surface area contributed by atoms with Crippen LogP contribution in [0.3, 0.4) is 0 Å². The van der Waals surface area contributed by atoms with Crippen molar-refractivity contribution in [2.24, 2.45) is 13.0 Å². The molecule has 0 aromatic carbocycles. The lowest BCUT2D eigenvalue weighted by Crippen LogP contribution is -2.51. The second-order valence-electron chi connectivity index (χ2n) is 7.20. The number of nitrogens with one attached hydrogen (secondary N) is 2. The fourth-order valence-electron chi connectivity index (χ4n) is 3.82. The first kappa shape index (κ1) is 17.1. The molecule has 24 heavy (non-hydrogen) atoms. The van der Waals surface area contributed by atoms with E-state index in [-0.39, 0.29) is 18.2 Å². The summed E-state index contributed by atoms with van der Waals surface area (Å²) in [6, 6.07) is 0.0732. The van der Waals surface area contributed by atoms with Gasteiger partial charge in [-0.25, -0.2) is 4.79 Å². The summed E-state index contributed by atoms with van der Waals surface area (Å²) in [5.41, 5.74) is 1.11. The molecule has 0 radical (unpaired) electrons. The van der Waals surface area contributed by atoms with Crippen molar-refractivity contribution in [2.75, 3.05) is 24.5 Å². The second kappa shape index (κ2) is 7.88. The van der Waals surface area contributed by atoms with Gasteiger partial charge in [-0.2, -0.15) is 5.10 Å². The normalized spacial score (nSPS) is 27.8. The van der Waals surface area contributed by atoms with Crippen LogP contribution in [-0.4, -0.2) is 52.7 Å². The number of amides is 2. The monoisotopic (exact) mass is 335 g/mol. The third kappa shape index (κ3) is 4.63. The number of piperidine rings is 1. The van der Waals surface area contributed by atoms with Gasteiger partial charge in [-0.3, -0.25) is 4.68 Å². The zero-order chi connectivity index (χ0) is 16.9. The smallest absolute Gasteiger partial charge is 0.315 e. The third-order valence-corrected chi connectivity index (χ3v) is 5.12. The van der Waals surface area contributed by atoms with Crippen molar-refractivity contribution in [3.63, 3.8) is 0 Å². The molecule has 1 aliphatic carbocycles. The summed E-state index contributed by atoms with van der Waals surface area (Å²) >= 11 is 0. The van der Waals surface area contributed by atoms with Gasteiger partial charge in [0.2, 0.25) is 0 Å². The van der Waals surface area contributed by atoms with E-state index in [4.69, 9.17) is 0 Å². The van der Waals surface area contributed by atoms with Crippen LogP contribution in [0.2, 0.25) is 0 Å². The summed E-state index contributed by atoms with van der Waals surface area (Å²) in [5.74, 6) is 0.401. The van der Waals surface area contributed by atoms with Crippen LogP contribution in [0.25, 0.3) is 0 Å². The summed E-state index contributed by atoms with van der Waals surface area (Å²) in [4.78, 5) is 14.4. The van der Waals surface area contributed by atoms with Gasteiger partial charge in [0.1, 0.15) is 0 Å². The van der Waals surface area contributed by atoms with Crippen molar-refractivity contribution in [3.05, 3.63) is 12.4 Å². The van der Waals surface area contributed by atoms with Gasteiger partial charge in [0.05, 0.1) is 18.0 Å². The van der Waals surface area contributed by atoms with Gasteiger partial charge in [0, 0.05) is 38.9 Å². The molecule has 3 unspecified atom stereocenters. The van der Waals surface area contributed by atoms with E-state index in [2.05, 4.69) is 20.6 Å². The maximum Gasteiger partial charge on any atom is 0.315 e. The number of urea groups is 1. The highest BCUT2D eigenvalue weighted by Gasteiger charge is 2.24. The minimum Gasteiger partial charge on any atom is -0.393 e. The van der Waals surface area contributed by atoms with Crippen LogP contribution in [-0.2, 0) is 7.05 Å². The van der Waals surface area contributed by atoms with Crippen LogP contribution in [0.1, 0.15) is 38.5 Å². The summed E-state index contributed by atoms with van der Waals surface area (Å²) < 4.78 is 1.80. The fraction of sp³-hybridized carbons (Fsp3) is 0.765. The Morgan fingerprint density at radius 3 is 3.00 bits per heavy atom. The SMILES string of the molecule is Cn1cc(N2CCCC(NC(=O)NCC3CCCC(O)C3)C2)cn1. The number of anilines is 1. The van der Waals surface area contributed by atoms with Crippen molar-refractivity contribution in [2.45, 2.75) is 50.7 Å². The van der Waals surface area contributed by atoms with Crippen LogP contribution in [0, 0.1) is 5.92 Å². The number of nitrogens with zero attached hydrogens (tertiary/aromatic N) is 3. The summed E-state index contributed by atoms with van der Waals surface area (Å²) in [6.45, 7) is 2.48. The maximum absolute atomic E-state index is 12.2. The number of carbonyl (C=O) groups excluding carboxylic acids is 1. The molecule has 1 aromatic rings. The molecule has 3 rings (SSSR count). The lowest BCUT2D eigenvalue weighted by atomic mass is 9.87. The van der Waals surface area contributed by atoms with E-state index in [1.807, 2.05) is 19.4 Å². The first-order valence-corrected chi connectivity index (χ1v) is 9.06. The van der Waals surface area contributed by atoms with Crippen molar-refractivity contribution in [1.82, 2.24) is 20.4 Å². The van der Waals surface area contributed by atoms with E-state index in [0.29, 0.717) is 12.5 Å². The highest BCUT2D eigenvalue weighted by Crippen LogP contribution is 2.23. The van der Waals surface area contributed by atoms with E-state index in [9.17, 15) is 9.90 Å². The standard InChI is InChI=1S/C17H29N5O2/c1-21-12-15(10-19-21)22-7-3-5-14(11-22)20-17(24)18-9-13-4-2-6-16(23)8-13/h10,12-14,16,23H,2-9,11H2,1H3,(H2,18,20,24). The van der Waals surface area contributed by atoms with E-state index in [0.717, 1.165) is 57.3 Å². The van der Waals surface area contributed by atoms with Crippen LogP contribution in [0.15, 0.2) is 12.4 Å². The predicted octanol–water partition coefficient (Wildman–Crippen LogP) is 1.24. The molecule has 3 atom stereocenters. The zero-order valence-electron chi connectivity index (χ0n) is 14.4. The number of rotatable bonds is 4. The molecule has 0 spiro atoms. The zero-order valence-corrected chi connectivity index (χ0v) is 14.4. The first-order chi connectivity index (χ1) is 11.6. The Morgan fingerprint density at radius 1 is 1.38 bits per heavy atom. The van der Waals surface area contributed by atoms with Gasteiger partial charge in [-0.1, -0.05) is 6.42 Å². The van der Waals surface area contributed by atoms with E-state index < -0.39 is 0 Å². The minimum atomic E-state index is -0.194. The van der Waals surface area contributed by atoms with E-state index >= 15 is 0 Å². The molecule has 1 aromatic heterocycles. The van der Waals surface area contributed by atoms with Gasteiger partial charge in [-0.05, 0) is 38.0 Å². The molecule has 2 amide bonds. The van der Waals surface area contributed by atoms with Crippen LogP contribution >= 0.6 is 0 Å². The molecular formula is C17H29N5O2. The first-order valence-electron chi connectivity index (χ1n) is 9.06. The average Bonchev–Trinajstić information content (AvgIpc) is 3.00. The predicted molar refractivity (Wildman–Crippen MR) is 92.9 cm³/mol. The van der Waals surface area contributed by atoms with E-state index in [1.54, 1.807) is 4.68 Å². The number of carbonyl (C=O) groups is 1. The van der Waals surface area contributed by atoms with Crippen LogP contribution in [0.5, 0.6) is 0 Å². The molecular weight excluding hydrogens is 306 g/mol. The quantitative estimate of drug-likeness (QED) is 0.773. The maximum atomic E-state index is 12.2. The summed E-state index contributed by atoms with van der Waals surface area (Å²) in [5, 5.41) is 20.0. The Bertz CT molecular complexity index is 547. The molecule has 2 fully saturated rings. The number of aromatic nitrogens is 2. The lowest BCUT2D eigenvalue weighted by Gasteiger charge is -2.34. The second-order valence-corrected chi connectivity index (χ2v) is 7.20. The average molecular weight is 335 g/mol. The van der Waals surface area contributed by atoms with Gasteiger partial charge in [-0.15, -0.1) is 0 Å². The van der Waals surface area contributed by atoms with Crippen LogP contribution in [0.4, 0.5) is 10.5 Å². The third-order valence-electron chi connectivity index (χ3n) is 5.12. The van der Waals surface area contributed by atoms with Crippen molar-refractivity contribution in [1.29, 1.82) is 0 Å². The minimum absolute atomic E-state index is 0.0897. The fourth-order valence-corrected chi connectivity index (χ4v) is 3.82. The highest BCUT2D eigenvalue weighted by atomic mass is 16.3. The van der Waals surface area contributed by atoms with Gasteiger partial charge >= 0.3 is 6.03 Å². The molecule has 134 valence electrons. The van der Waals surface area contributed by atoms with Gasteiger partial charge in [0.15, 0.2) is 0 Å². The molecule has 2 aliphatic rings. The Kier molecular flexibility index (Phi) is 5.60. The van der Waals surface area contributed by atoms with Crippen molar-refractivity contribution >= 4 is 11.7 Å². The van der Waals surface area contributed by atoms with E-state index in [1.165, 1.54) is 0 Å². The lowest BCUT2D eigenvalue weighted by molar-refractivity contribution is 0.101. The highest BCUT2D eigenvalue weighted by molar-refractivity contribution is 5.74. The Hall–Kier alpha value is -1.76. The molecule has 7 nitrogen and oxygen atoms in total. The number of aliphatic hydroxyl groups is 1. The van der Waals surface area contributed by atoms with Gasteiger partial charge < -0.3 is 20.6 Å². The van der Waals surface area contributed by atoms with Crippen molar-refractivity contribution < 1.29 is 9.90 Å². The molecule has 7 heteroatoms. The molecule has 1 saturated carbocycles. The van der Waals surface area contributed by atoms with Gasteiger partial charge in [0.25, 0.3) is 0 Å². The topological polar surface area (TPSA) is 82.4 Å². The molecule has 1 saturated heterocycles. The number of aliphatic hydroxyl groups excluding tert-OH is 1. The largest absolute Gasteiger partial charge is 0.393 e.